The molecule has 0 radical (unpaired) electrons. The topological polar surface area (TPSA) is 70.1 Å². The Balaban J connectivity index is 1.91. The molecule has 0 bridgehead atoms. The maximum Gasteiger partial charge on any atom is 0.317 e. The van der Waals surface area contributed by atoms with Crippen molar-refractivity contribution in [2.24, 2.45) is 0 Å². The Morgan fingerprint density at radius 3 is 3.00 bits per heavy atom. The van der Waals surface area contributed by atoms with Crippen LogP contribution in [0.15, 0.2) is 15.9 Å². The zero-order chi connectivity index (χ0) is 15.4. The fourth-order valence-electron chi connectivity index (χ4n) is 2.24. The number of likely N-dealkylation sites (N-methyl/N-ethyl adjacent to an activating group) is 1. The summed E-state index contributed by atoms with van der Waals surface area (Å²) in [6.07, 6.45) is -0.157. The van der Waals surface area contributed by atoms with Gasteiger partial charge in [0.15, 0.2) is 0 Å². The Bertz CT molecular complexity index is 522. The van der Waals surface area contributed by atoms with Gasteiger partial charge in [-0.1, -0.05) is 0 Å². The molecule has 1 unspecified atom stereocenters. The molecule has 1 aromatic heterocycles. The van der Waals surface area contributed by atoms with E-state index in [-0.39, 0.29) is 18.6 Å². The molecule has 1 aliphatic heterocycles. The molecule has 1 fully saturated rings. The van der Waals surface area contributed by atoms with Crippen molar-refractivity contribution in [3.63, 3.8) is 0 Å². The minimum atomic E-state index is -0.871. The van der Waals surface area contributed by atoms with E-state index in [0.29, 0.717) is 31.1 Å². The lowest BCUT2D eigenvalue weighted by molar-refractivity contribution is -0.138. The molecule has 21 heavy (non-hydrogen) atoms. The largest absolute Gasteiger partial charge is 0.480 e. The van der Waals surface area contributed by atoms with Crippen LogP contribution in [0.4, 0.5) is 0 Å². The molecule has 1 aromatic rings. The first-order chi connectivity index (χ1) is 9.95. The van der Waals surface area contributed by atoms with Crippen LogP contribution in [-0.4, -0.2) is 72.7 Å². The van der Waals surface area contributed by atoms with Crippen LogP contribution < -0.4 is 0 Å². The van der Waals surface area contributed by atoms with E-state index in [4.69, 9.17) is 9.84 Å². The number of carboxylic acid groups (broad SMARTS) is 1. The first-order valence-electron chi connectivity index (χ1n) is 6.51. The molecule has 116 valence electrons. The maximum absolute atomic E-state index is 12.4. The third kappa shape index (κ3) is 4.77. The van der Waals surface area contributed by atoms with Crippen molar-refractivity contribution >= 4 is 39.1 Å². The van der Waals surface area contributed by atoms with Crippen LogP contribution in [-0.2, 0) is 9.53 Å². The SMILES string of the molecule is CN(CC(=O)O)CC1CN(C(=O)c2cc(Br)cs2)CCO1. The van der Waals surface area contributed by atoms with E-state index in [9.17, 15) is 9.59 Å². The molecule has 8 heteroatoms. The Hall–Kier alpha value is -0.960. The van der Waals surface area contributed by atoms with Crippen LogP contribution in [0.2, 0.25) is 0 Å². The minimum Gasteiger partial charge on any atom is -0.480 e. The van der Waals surface area contributed by atoms with Gasteiger partial charge in [-0.25, -0.2) is 0 Å². The summed E-state index contributed by atoms with van der Waals surface area (Å²) in [5.74, 6) is -0.871. The number of nitrogens with zero attached hydrogens (tertiary/aromatic N) is 2. The summed E-state index contributed by atoms with van der Waals surface area (Å²) in [5.41, 5.74) is 0. The first kappa shape index (κ1) is 16.4. The quantitative estimate of drug-likeness (QED) is 0.840. The van der Waals surface area contributed by atoms with Gasteiger partial charge < -0.3 is 14.7 Å². The summed E-state index contributed by atoms with van der Waals surface area (Å²) < 4.78 is 6.52. The molecule has 0 aromatic carbocycles. The lowest BCUT2D eigenvalue weighted by Crippen LogP contribution is -2.49. The highest BCUT2D eigenvalue weighted by molar-refractivity contribution is 9.10. The van der Waals surface area contributed by atoms with Crippen molar-refractivity contribution in [2.45, 2.75) is 6.10 Å². The number of rotatable bonds is 5. The van der Waals surface area contributed by atoms with Crippen molar-refractivity contribution in [3.8, 4) is 0 Å². The van der Waals surface area contributed by atoms with Gasteiger partial charge in [-0.05, 0) is 29.0 Å². The third-order valence-electron chi connectivity index (χ3n) is 3.12. The number of hydrogen-bond acceptors (Lipinski definition) is 5. The number of amides is 1. The van der Waals surface area contributed by atoms with Gasteiger partial charge in [0.1, 0.15) is 0 Å². The summed E-state index contributed by atoms with van der Waals surface area (Å²) in [6.45, 7) is 1.98. The van der Waals surface area contributed by atoms with Crippen LogP contribution in [0.1, 0.15) is 9.67 Å². The minimum absolute atomic E-state index is 0.000104. The maximum atomic E-state index is 12.4. The third-order valence-corrected chi connectivity index (χ3v) is 4.80. The van der Waals surface area contributed by atoms with Crippen LogP contribution in [0.3, 0.4) is 0 Å². The van der Waals surface area contributed by atoms with Gasteiger partial charge in [0.05, 0.1) is 24.1 Å². The first-order valence-corrected chi connectivity index (χ1v) is 8.18. The average molecular weight is 377 g/mol. The fraction of sp³-hybridized carbons (Fsp3) is 0.538. The van der Waals surface area contributed by atoms with Gasteiger partial charge in [-0.2, -0.15) is 0 Å². The van der Waals surface area contributed by atoms with E-state index < -0.39 is 5.97 Å². The number of carboxylic acids is 1. The fourth-order valence-corrected chi connectivity index (χ4v) is 3.63. The van der Waals surface area contributed by atoms with E-state index in [1.54, 1.807) is 16.8 Å². The second-order valence-corrected chi connectivity index (χ2v) is 6.79. The molecule has 0 saturated carbocycles. The summed E-state index contributed by atoms with van der Waals surface area (Å²) in [4.78, 5) is 27.2. The molecule has 2 heterocycles. The molecule has 0 aliphatic carbocycles. The molecule has 6 nitrogen and oxygen atoms in total. The van der Waals surface area contributed by atoms with E-state index >= 15 is 0 Å². The number of thiophene rings is 1. The Labute approximate surface area is 135 Å². The highest BCUT2D eigenvalue weighted by atomic mass is 79.9. The standard InChI is InChI=1S/C13H17BrN2O4S/c1-15(7-12(17)18)5-10-6-16(2-3-20-10)13(19)11-4-9(14)8-21-11/h4,8,10H,2-3,5-7H2,1H3,(H,17,18). The Morgan fingerprint density at radius 1 is 1.62 bits per heavy atom. The van der Waals surface area contributed by atoms with Crippen molar-refractivity contribution in [1.82, 2.24) is 9.80 Å². The van der Waals surface area contributed by atoms with E-state index in [2.05, 4.69) is 15.9 Å². The van der Waals surface area contributed by atoms with Crippen LogP contribution >= 0.6 is 27.3 Å². The molecule has 2 rings (SSSR count). The summed E-state index contributed by atoms with van der Waals surface area (Å²) >= 11 is 4.75. The summed E-state index contributed by atoms with van der Waals surface area (Å²) in [7, 11) is 1.73. The lowest BCUT2D eigenvalue weighted by atomic mass is 10.2. The number of halogens is 1. The number of ether oxygens (including phenoxy) is 1. The van der Waals surface area contributed by atoms with E-state index in [0.717, 1.165) is 4.47 Å². The number of aliphatic carboxylic acids is 1. The molecule has 1 amide bonds. The summed E-state index contributed by atoms with van der Waals surface area (Å²) in [5, 5.41) is 10.6. The molecule has 0 spiro atoms. The predicted octanol–water partition coefficient (Wildman–Crippen LogP) is 1.37. The van der Waals surface area contributed by atoms with Crippen molar-refractivity contribution in [1.29, 1.82) is 0 Å². The lowest BCUT2D eigenvalue weighted by Gasteiger charge is -2.34. The second kappa shape index (κ2) is 7.35. The Kier molecular flexibility index (Phi) is 5.74. The molecular formula is C13H17BrN2O4S. The highest BCUT2D eigenvalue weighted by Gasteiger charge is 2.26. The van der Waals surface area contributed by atoms with Crippen molar-refractivity contribution < 1.29 is 19.4 Å². The average Bonchev–Trinajstić information content (AvgIpc) is 2.84. The summed E-state index contributed by atoms with van der Waals surface area (Å²) in [6, 6.07) is 1.81. The molecule has 1 aliphatic rings. The molecule has 1 atom stereocenters. The van der Waals surface area contributed by atoms with E-state index in [1.165, 1.54) is 11.3 Å². The van der Waals surface area contributed by atoms with Crippen molar-refractivity contribution in [2.75, 3.05) is 39.8 Å². The molecular weight excluding hydrogens is 360 g/mol. The van der Waals surface area contributed by atoms with E-state index in [1.807, 2.05) is 11.4 Å². The number of carbonyl (C=O) groups excluding carboxylic acids is 1. The van der Waals surface area contributed by atoms with Gasteiger partial charge in [0, 0.05) is 29.5 Å². The van der Waals surface area contributed by atoms with Gasteiger partial charge in [0.2, 0.25) is 0 Å². The number of hydrogen-bond donors (Lipinski definition) is 1. The molecule has 1 saturated heterocycles. The van der Waals surface area contributed by atoms with Crippen LogP contribution in [0, 0.1) is 0 Å². The number of morpholine rings is 1. The Morgan fingerprint density at radius 2 is 2.38 bits per heavy atom. The normalized spacial score (nSPS) is 19.0. The predicted molar refractivity (Wildman–Crippen MR) is 82.8 cm³/mol. The molecule has 1 N–H and O–H groups in total. The monoisotopic (exact) mass is 376 g/mol. The zero-order valence-electron chi connectivity index (χ0n) is 11.6. The van der Waals surface area contributed by atoms with Gasteiger partial charge >= 0.3 is 5.97 Å². The second-order valence-electron chi connectivity index (χ2n) is 4.96. The van der Waals surface area contributed by atoms with Crippen LogP contribution in [0.5, 0.6) is 0 Å². The van der Waals surface area contributed by atoms with Crippen LogP contribution in [0.25, 0.3) is 0 Å². The number of carbonyl (C=O) groups is 2. The smallest absolute Gasteiger partial charge is 0.317 e. The van der Waals surface area contributed by atoms with Crippen molar-refractivity contribution in [3.05, 3.63) is 20.8 Å². The highest BCUT2D eigenvalue weighted by Crippen LogP contribution is 2.22. The van der Waals surface area contributed by atoms with Gasteiger partial charge in [-0.15, -0.1) is 11.3 Å². The zero-order valence-corrected chi connectivity index (χ0v) is 14.0. The van der Waals surface area contributed by atoms with Gasteiger partial charge in [-0.3, -0.25) is 14.5 Å². The van der Waals surface area contributed by atoms with Gasteiger partial charge in [0.25, 0.3) is 5.91 Å².